The number of carbonyl (C=O) groups is 2. The fraction of sp³-hybridized carbons (Fsp3) is 0.238. The van der Waals surface area contributed by atoms with Crippen LogP contribution >= 0.6 is 11.6 Å². The van der Waals surface area contributed by atoms with Gasteiger partial charge in [0.1, 0.15) is 12.0 Å². The van der Waals surface area contributed by atoms with Gasteiger partial charge in [-0.3, -0.25) is 14.3 Å². The van der Waals surface area contributed by atoms with Gasteiger partial charge >= 0.3 is 6.03 Å². The molecule has 1 saturated heterocycles. The molecule has 5 rings (SSSR count). The summed E-state index contributed by atoms with van der Waals surface area (Å²) in [6.45, 7) is 0.310. The second kappa shape index (κ2) is 7.05. The summed E-state index contributed by atoms with van der Waals surface area (Å²) >= 11 is 6.37. The van der Waals surface area contributed by atoms with Crippen molar-refractivity contribution in [3.05, 3.63) is 64.9 Å². The lowest BCUT2D eigenvalue weighted by Gasteiger charge is -2.40. The number of hydrogen-bond donors (Lipinski definition) is 0. The highest BCUT2D eigenvalue weighted by molar-refractivity contribution is 6.31. The van der Waals surface area contributed by atoms with E-state index >= 15 is 0 Å². The van der Waals surface area contributed by atoms with Gasteiger partial charge < -0.3 is 9.80 Å². The molecule has 10 heteroatoms. The van der Waals surface area contributed by atoms with Crippen LogP contribution in [0, 0.1) is 5.82 Å². The van der Waals surface area contributed by atoms with Gasteiger partial charge in [0.25, 0.3) is 5.91 Å². The summed E-state index contributed by atoms with van der Waals surface area (Å²) in [7, 11) is 3.10. The molecule has 1 aromatic heterocycles. The first-order valence-corrected chi connectivity index (χ1v) is 10.0. The minimum Gasteiger partial charge on any atom is -0.320 e. The standard InChI is InChI=1S/C21H18ClFN6O2/c1-26-18-16(19(30)27(2)21(26)31)28(11-13-5-3-4-6-15(13)22)20-25-24-17(29(18)20)12-7-9-14(23)10-8-12/h3-10,16,18H,11H2,1-2H3. The summed E-state index contributed by atoms with van der Waals surface area (Å²) in [5, 5.41) is 9.21. The number of benzene rings is 2. The molecule has 2 atom stereocenters. The molecule has 3 aromatic rings. The van der Waals surface area contributed by atoms with Gasteiger partial charge in [0.2, 0.25) is 5.95 Å². The van der Waals surface area contributed by atoms with Crippen LogP contribution in [0.2, 0.25) is 5.02 Å². The van der Waals surface area contributed by atoms with E-state index in [0.29, 0.717) is 28.9 Å². The van der Waals surface area contributed by atoms with Crippen molar-refractivity contribution < 1.29 is 14.0 Å². The third-order valence-corrected chi connectivity index (χ3v) is 6.16. The number of rotatable bonds is 3. The molecule has 1 fully saturated rings. The molecule has 0 N–H and O–H groups in total. The van der Waals surface area contributed by atoms with Crippen molar-refractivity contribution in [2.45, 2.75) is 18.8 Å². The van der Waals surface area contributed by atoms with E-state index in [1.165, 1.54) is 24.1 Å². The third-order valence-electron chi connectivity index (χ3n) is 5.79. The Morgan fingerprint density at radius 3 is 2.45 bits per heavy atom. The van der Waals surface area contributed by atoms with Gasteiger partial charge in [0.15, 0.2) is 11.9 Å². The Morgan fingerprint density at radius 2 is 1.74 bits per heavy atom. The number of nitrogens with zero attached hydrogens (tertiary/aromatic N) is 6. The monoisotopic (exact) mass is 440 g/mol. The predicted octanol–water partition coefficient (Wildman–Crippen LogP) is 3.15. The summed E-state index contributed by atoms with van der Waals surface area (Å²) in [6.07, 6.45) is -0.649. The van der Waals surface area contributed by atoms with Gasteiger partial charge in [-0.05, 0) is 35.9 Å². The van der Waals surface area contributed by atoms with E-state index in [1.807, 2.05) is 23.1 Å². The number of carbonyl (C=O) groups excluding carboxylic acids is 2. The van der Waals surface area contributed by atoms with Crippen LogP contribution in [-0.4, -0.2) is 56.6 Å². The number of urea groups is 1. The molecule has 2 aromatic carbocycles. The lowest BCUT2D eigenvalue weighted by Crippen LogP contribution is -2.61. The van der Waals surface area contributed by atoms with Crippen LogP contribution in [0.25, 0.3) is 11.4 Å². The number of amides is 3. The summed E-state index contributed by atoms with van der Waals surface area (Å²) in [5.41, 5.74) is 1.45. The van der Waals surface area contributed by atoms with Crippen LogP contribution in [0.15, 0.2) is 48.5 Å². The van der Waals surface area contributed by atoms with Crippen LogP contribution < -0.4 is 4.90 Å². The van der Waals surface area contributed by atoms with Crippen LogP contribution in [0.4, 0.5) is 15.1 Å². The van der Waals surface area contributed by atoms with E-state index in [0.717, 1.165) is 10.5 Å². The summed E-state index contributed by atoms with van der Waals surface area (Å²) in [4.78, 5) is 30.3. The zero-order chi connectivity index (χ0) is 21.9. The van der Waals surface area contributed by atoms with Gasteiger partial charge in [-0.25, -0.2) is 9.18 Å². The molecule has 2 aliphatic rings. The summed E-state index contributed by atoms with van der Waals surface area (Å²) < 4.78 is 15.2. The first-order chi connectivity index (χ1) is 14.9. The molecule has 2 unspecified atom stereocenters. The maximum absolute atomic E-state index is 13.5. The van der Waals surface area contributed by atoms with Crippen molar-refractivity contribution in [3.63, 3.8) is 0 Å². The number of halogens is 2. The van der Waals surface area contributed by atoms with E-state index in [2.05, 4.69) is 10.2 Å². The fourth-order valence-electron chi connectivity index (χ4n) is 4.21. The van der Waals surface area contributed by atoms with E-state index < -0.39 is 18.2 Å². The first kappa shape index (κ1) is 19.5. The van der Waals surface area contributed by atoms with E-state index in [-0.39, 0.29) is 11.7 Å². The first-order valence-electron chi connectivity index (χ1n) is 9.63. The molecule has 0 spiro atoms. The van der Waals surface area contributed by atoms with Crippen molar-refractivity contribution >= 4 is 29.5 Å². The van der Waals surface area contributed by atoms with Crippen molar-refractivity contribution in [1.29, 1.82) is 0 Å². The Balaban J connectivity index is 1.67. The van der Waals surface area contributed by atoms with Gasteiger partial charge in [0, 0.05) is 31.2 Å². The van der Waals surface area contributed by atoms with Crippen LogP contribution in [0.5, 0.6) is 0 Å². The zero-order valence-corrected chi connectivity index (χ0v) is 17.5. The third kappa shape index (κ3) is 2.88. The van der Waals surface area contributed by atoms with Crippen LogP contribution in [-0.2, 0) is 11.3 Å². The normalized spacial score (nSPS) is 20.3. The minimum absolute atomic E-state index is 0.310. The molecular formula is C21H18ClFN6O2. The highest BCUT2D eigenvalue weighted by Crippen LogP contribution is 2.43. The predicted molar refractivity (Wildman–Crippen MR) is 112 cm³/mol. The van der Waals surface area contributed by atoms with E-state index in [9.17, 15) is 14.0 Å². The Labute approximate surface area is 182 Å². The van der Waals surface area contributed by atoms with Gasteiger partial charge in [-0.15, -0.1) is 10.2 Å². The van der Waals surface area contributed by atoms with Crippen molar-refractivity contribution in [2.75, 3.05) is 19.0 Å². The molecule has 0 radical (unpaired) electrons. The molecule has 0 aliphatic carbocycles. The minimum atomic E-state index is -0.700. The van der Waals surface area contributed by atoms with Crippen molar-refractivity contribution in [1.82, 2.24) is 24.6 Å². The average Bonchev–Trinajstić information content (AvgIpc) is 3.32. The zero-order valence-electron chi connectivity index (χ0n) is 16.7. The molecule has 31 heavy (non-hydrogen) atoms. The van der Waals surface area contributed by atoms with Gasteiger partial charge in [-0.2, -0.15) is 0 Å². The molecule has 3 heterocycles. The van der Waals surface area contributed by atoms with Crippen molar-refractivity contribution in [3.8, 4) is 11.4 Å². The largest absolute Gasteiger partial charge is 0.327 e. The Morgan fingerprint density at radius 1 is 1.03 bits per heavy atom. The quantitative estimate of drug-likeness (QED) is 0.625. The van der Waals surface area contributed by atoms with Crippen LogP contribution in [0.3, 0.4) is 0 Å². The van der Waals surface area contributed by atoms with Gasteiger partial charge in [0.05, 0.1) is 0 Å². The summed E-state index contributed by atoms with van der Waals surface area (Å²) in [5.74, 6) is 0.182. The molecule has 0 saturated carbocycles. The molecule has 2 aliphatic heterocycles. The fourth-order valence-corrected chi connectivity index (χ4v) is 4.41. The molecule has 0 bridgehead atoms. The van der Waals surface area contributed by atoms with Crippen molar-refractivity contribution in [2.24, 2.45) is 0 Å². The average molecular weight is 441 g/mol. The topological polar surface area (TPSA) is 74.6 Å². The number of anilines is 1. The van der Waals surface area contributed by atoms with Gasteiger partial charge in [-0.1, -0.05) is 29.8 Å². The second-order valence-electron chi connectivity index (χ2n) is 7.57. The van der Waals surface area contributed by atoms with Crippen LogP contribution in [0.1, 0.15) is 11.7 Å². The molecule has 158 valence electrons. The number of hydrogen-bond acceptors (Lipinski definition) is 5. The highest BCUT2D eigenvalue weighted by Gasteiger charge is 2.54. The Kier molecular flexibility index (Phi) is 4.44. The maximum Gasteiger partial charge on any atom is 0.327 e. The lowest BCUT2D eigenvalue weighted by atomic mass is 10.1. The maximum atomic E-state index is 13.5. The summed E-state index contributed by atoms with van der Waals surface area (Å²) in [6, 6.07) is 12.1. The number of imide groups is 1. The highest BCUT2D eigenvalue weighted by atomic mass is 35.5. The number of aromatic nitrogens is 3. The Bertz CT molecular complexity index is 1200. The SMILES string of the molecule is CN1C(=O)C2C(N(C)C1=O)n1c(-c3ccc(F)cc3)nnc1N2Cc1ccccc1Cl. The molecule has 3 amide bonds. The number of fused-ring (bicyclic) bond motifs is 3. The number of likely N-dealkylation sites (N-methyl/N-ethyl adjacent to an activating group) is 2. The molecular weight excluding hydrogens is 423 g/mol. The smallest absolute Gasteiger partial charge is 0.320 e. The second-order valence-corrected chi connectivity index (χ2v) is 7.98. The molecule has 8 nitrogen and oxygen atoms in total. The van der Waals surface area contributed by atoms with E-state index in [1.54, 1.807) is 29.8 Å². The van der Waals surface area contributed by atoms with E-state index in [4.69, 9.17) is 11.6 Å². The Hall–Kier alpha value is -3.46. The lowest BCUT2D eigenvalue weighted by molar-refractivity contribution is -0.133.